The van der Waals surface area contributed by atoms with Gasteiger partial charge in [0.1, 0.15) is 11.4 Å². The van der Waals surface area contributed by atoms with Crippen LogP contribution in [0.3, 0.4) is 0 Å². The number of carbonyl (C=O) groups excluding carboxylic acids is 1. The third kappa shape index (κ3) is 8.77. The van der Waals surface area contributed by atoms with E-state index in [0.29, 0.717) is 23.7 Å². The minimum absolute atomic E-state index is 0.0609. The average molecular weight is 692 g/mol. The summed E-state index contributed by atoms with van der Waals surface area (Å²) in [4.78, 5) is 12.5. The maximum atomic E-state index is 13.3. The summed E-state index contributed by atoms with van der Waals surface area (Å²) in [6.45, 7) is 3.43. The van der Waals surface area contributed by atoms with Gasteiger partial charge in [0, 0.05) is 5.56 Å². The molecular weight excluding hydrogens is 658 g/mol. The van der Waals surface area contributed by atoms with Crippen LogP contribution in [0.5, 0.6) is 5.75 Å². The maximum Gasteiger partial charge on any atom is 0.475 e. The predicted molar refractivity (Wildman–Crippen MR) is 179 cm³/mol. The molecule has 0 bridgehead atoms. The van der Waals surface area contributed by atoms with Crippen LogP contribution < -0.4 is 9.50 Å². The lowest BCUT2D eigenvalue weighted by Crippen LogP contribution is -2.48. The standard InChI is InChI=1S/C35H33BF3N3O6S/c1-23(2)19-33(36(44)45)40-34(43)22-42-31(26-17-15-25(16-18-26)24-9-4-3-5-10-24)21-30(41-42)29-13-6-7-14-32(29)48-49(46,47)28-12-8-11-27(20-28)35(37,38)39/h3-18,20-21,23,33,44-45H,19,22H2,1-2H3,(H,40,43). The maximum absolute atomic E-state index is 13.3. The summed E-state index contributed by atoms with van der Waals surface area (Å²) in [5.74, 6) is -1.61. The number of hydrogen-bond acceptors (Lipinski definition) is 7. The summed E-state index contributed by atoms with van der Waals surface area (Å²) < 4.78 is 73.1. The van der Waals surface area contributed by atoms with Gasteiger partial charge in [-0.3, -0.25) is 9.48 Å². The zero-order chi connectivity index (χ0) is 35.3. The molecule has 0 radical (unpaired) electrons. The van der Waals surface area contributed by atoms with Crippen molar-refractivity contribution in [3.8, 4) is 39.4 Å². The molecular formula is C35H33BF3N3O6S. The van der Waals surface area contributed by atoms with Gasteiger partial charge in [-0.2, -0.15) is 26.7 Å². The van der Waals surface area contributed by atoms with Crippen molar-refractivity contribution in [2.24, 2.45) is 5.92 Å². The number of hydrogen-bond donors (Lipinski definition) is 3. The van der Waals surface area contributed by atoms with E-state index in [1.54, 1.807) is 12.1 Å². The summed E-state index contributed by atoms with van der Waals surface area (Å²) >= 11 is 0. The molecule has 0 aliphatic carbocycles. The Morgan fingerprint density at radius 2 is 1.51 bits per heavy atom. The third-order valence-electron chi connectivity index (χ3n) is 7.61. The quantitative estimate of drug-likeness (QED) is 0.105. The molecule has 1 amide bonds. The minimum atomic E-state index is -4.76. The lowest BCUT2D eigenvalue weighted by atomic mass is 9.75. The van der Waals surface area contributed by atoms with Gasteiger partial charge in [-0.05, 0) is 65.4 Å². The lowest BCUT2D eigenvalue weighted by molar-refractivity contribution is -0.137. The molecule has 0 aliphatic heterocycles. The highest BCUT2D eigenvalue weighted by atomic mass is 32.2. The number of amides is 1. The molecule has 14 heteroatoms. The van der Waals surface area contributed by atoms with Gasteiger partial charge in [0.05, 0.1) is 22.9 Å². The van der Waals surface area contributed by atoms with Crippen molar-refractivity contribution in [2.45, 2.75) is 43.8 Å². The van der Waals surface area contributed by atoms with Gasteiger partial charge in [0.15, 0.2) is 5.75 Å². The van der Waals surface area contributed by atoms with Crippen LogP contribution in [0.2, 0.25) is 0 Å². The summed E-state index contributed by atoms with van der Waals surface area (Å²) in [5, 5.41) is 26.9. The van der Waals surface area contributed by atoms with Gasteiger partial charge in [-0.25, -0.2) is 0 Å². The van der Waals surface area contributed by atoms with Crippen LogP contribution in [0.15, 0.2) is 114 Å². The Hall–Kier alpha value is -4.92. The smallest absolute Gasteiger partial charge is 0.426 e. The number of halogens is 3. The van der Waals surface area contributed by atoms with Crippen LogP contribution in [0, 0.1) is 5.92 Å². The molecule has 1 atom stereocenters. The van der Waals surface area contributed by atoms with Crippen molar-refractivity contribution >= 4 is 23.1 Å². The summed E-state index contributed by atoms with van der Waals surface area (Å²) in [6.07, 6.45) is -4.45. The van der Waals surface area contributed by atoms with Gasteiger partial charge >= 0.3 is 23.4 Å². The molecule has 0 fully saturated rings. The van der Waals surface area contributed by atoms with E-state index in [2.05, 4.69) is 10.4 Å². The number of para-hydroxylation sites is 1. The van der Waals surface area contributed by atoms with Crippen LogP contribution in [0.25, 0.3) is 33.6 Å². The van der Waals surface area contributed by atoms with E-state index in [0.717, 1.165) is 29.3 Å². The summed E-state index contributed by atoms with van der Waals surface area (Å²) in [5.41, 5.74) is 2.35. The number of aromatic nitrogens is 2. The molecule has 4 aromatic carbocycles. The van der Waals surface area contributed by atoms with Crippen LogP contribution in [0.4, 0.5) is 13.2 Å². The van der Waals surface area contributed by atoms with Crippen LogP contribution in [0.1, 0.15) is 25.8 Å². The Bertz CT molecular complexity index is 2020. The number of carbonyl (C=O) groups is 1. The lowest BCUT2D eigenvalue weighted by Gasteiger charge is -2.20. The van der Waals surface area contributed by atoms with E-state index < -0.39 is 45.7 Å². The van der Waals surface area contributed by atoms with Crippen molar-refractivity contribution < 1.29 is 40.6 Å². The average Bonchev–Trinajstić information content (AvgIpc) is 3.47. The molecule has 5 rings (SSSR count). The number of rotatable bonds is 12. The van der Waals surface area contributed by atoms with Crippen molar-refractivity contribution in [3.05, 3.63) is 115 Å². The zero-order valence-electron chi connectivity index (χ0n) is 26.5. The first-order chi connectivity index (χ1) is 23.2. The topological polar surface area (TPSA) is 131 Å². The Labute approximate surface area is 282 Å². The van der Waals surface area contributed by atoms with E-state index in [9.17, 15) is 36.4 Å². The Morgan fingerprint density at radius 1 is 0.878 bits per heavy atom. The van der Waals surface area contributed by atoms with Gasteiger partial charge in [-0.15, -0.1) is 0 Å². The van der Waals surface area contributed by atoms with Crippen LogP contribution >= 0.6 is 0 Å². The molecule has 1 aromatic heterocycles. The molecule has 0 spiro atoms. The second-order valence-electron chi connectivity index (χ2n) is 11.8. The monoisotopic (exact) mass is 691 g/mol. The highest BCUT2D eigenvalue weighted by molar-refractivity contribution is 7.87. The SMILES string of the molecule is CC(C)CC(NC(=O)Cn1nc(-c2ccccc2OS(=O)(=O)c2cccc(C(F)(F)F)c2)cc1-c1ccc(-c2ccccc2)cc1)B(O)O. The van der Waals surface area contributed by atoms with Crippen LogP contribution in [-0.2, 0) is 27.6 Å². The zero-order valence-corrected chi connectivity index (χ0v) is 27.3. The molecule has 9 nitrogen and oxygen atoms in total. The number of benzene rings is 4. The second kappa shape index (κ2) is 14.7. The van der Waals surface area contributed by atoms with Crippen molar-refractivity contribution in [2.75, 3.05) is 0 Å². The summed E-state index contributed by atoms with van der Waals surface area (Å²) in [7, 11) is -6.49. The number of alkyl halides is 3. The van der Waals surface area contributed by atoms with Gasteiger partial charge in [0.25, 0.3) is 0 Å². The molecule has 254 valence electrons. The molecule has 1 heterocycles. The van der Waals surface area contributed by atoms with E-state index in [1.165, 1.54) is 22.9 Å². The molecule has 3 N–H and O–H groups in total. The minimum Gasteiger partial charge on any atom is -0.426 e. The molecule has 0 saturated heterocycles. The molecule has 0 aliphatic rings. The fourth-order valence-corrected chi connectivity index (χ4v) is 6.26. The number of nitrogens with zero attached hydrogens (tertiary/aromatic N) is 2. The molecule has 5 aromatic rings. The molecule has 1 unspecified atom stereocenters. The van der Waals surface area contributed by atoms with Gasteiger partial charge in [0.2, 0.25) is 5.91 Å². The van der Waals surface area contributed by atoms with Crippen LogP contribution in [-0.4, -0.2) is 47.2 Å². The first-order valence-corrected chi connectivity index (χ1v) is 16.7. The fourth-order valence-electron chi connectivity index (χ4n) is 5.26. The fraction of sp³-hybridized carbons (Fsp3) is 0.200. The molecule has 49 heavy (non-hydrogen) atoms. The second-order valence-corrected chi connectivity index (χ2v) is 13.3. The summed E-state index contributed by atoms with van der Waals surface area (Å²) in [6, 6.07) is 28.1. The van der Waals surface area contributed by atoms with Gasteiger partial charge in [-0.1, -0.05) is 86.6 Å². The number of nitrogens with one attached hydrogen (secondary N) is 1. The highest BCUT2D eigenvalue weighted by Crippen LogP contribution is 2.36. The highest BCUT2D eigenvalue weighted by Gasteiger charge is 2.32. The molecule has 0 saturated carbocycles. The first kappa shape index (κ1) is 35.4. The van der Waals surface area contributed by atoms with Gasteiger partial charge < -0.3 is 19.5 Å². The van der Waals surface area contributed by atoms with E-state index in [4.69, 9.17) is 4.18 Å². The van der Waals surface area contributed by atoms with Crippen molar-refractivity contribution in [3.63, 3.8) is 0 Å². The Morgan fingerprint density at radius 3 is 2.16 bits per heavy atom. The van der Waals surface area contributed by atoms with E-state index in [1.807, 2.05) is 68.4 Å². The first-order valence-electron chi connectivity index (χ1n) is 15.3. The normalized spacial score (nSPS) is 12.5. The van der Waals surface area contributed by atoms with Crippen molar-refractivity contribution in [1.82, 2.24) is 15.1 Å². The largest absolute Gasteiger partial charge is 0.475 e. The van der Waals surface area contributed by atoms with E-state index >= 15 is 0 Å². The third-order valence-corrected chi connectivity index (χ3v) is 8.84. The van der Waals surface area contributed by atoms with E-state index in [-0.39, 0.29) is 29.5 Å². The Balaban J connectivity index is 1.52. The van der Waals surface area contributed by atoms with Crippen molar-refractivity contribution in [1.29, 1.82) is 0 Å². The predicted octanol–water partition coefficient (Wildman–Crippen LogP) is 6.21. The Kier molecular flexibility index (Phi) is 10.6.